The topological polar surface area (TPSA) is 88.0 Å². The molecule has 6 nitrogen and oxygen atoms in total. The van der Waals surface area contributed by atoms with Crippen molar-refractivity contribution in [3.8, 4) is 11.3 Å². The van der Waals surface area contributed by atoms with E-state index in [9.17, 15) is 14.0 Å². The summed E-state index contributed by atoms with van der Waals surface area (Å²) >= 11 is 1.29. The zero-order valence-corrected chi connectivity index (χ0v) is 14.1. The summed E-state index contributed by atoms with van der Waals surface area (Å²) in [6.45, 7) is 0. The summed E-state index contributed by atoms with van der Waals surface area (Å²) in [7, 11) is 0. The lowest BCUT2D eigenvalue weighted by Gasteiger charge is -2.02. The Morgan fingerprint density at radius 3 is 2.85 bits per heavy atom. The predicted molar refractivity (Wildman–Crippen MR) is 96.7 cm³/mol. The standard InChI is InChI=1S/C18H12FN3O3S/c19-12-4-1-10(2-5-12)7-16(23)22-17-20-14(9-26-17)11-3-6-13-15(8-11)25-18(24)21-13/h1-6,8-9H,7H2,(H,21,24)(H,20,22,23). The summed E-state index contributed by atoms with van der Waals surface area (Å²) in [5, 5.41) is 5.00. The minimum Gasteiger partial charge on any atom is -0.408 e. The van der Waals surface area contributed by atoms with Gasteiger partial charge in [0, 0.05) is 10.9 Å². The van der Waals surface area contributed by atoms with Gasteiger partial charge in [0.05, 0.1) is 17.6 Å². The first-order valence-electron chi connectivity index (χ1n) is 7.70. The highest BCUT2D eigenvalue weighted by Gasteiger charge is 2.10. The molecule has 8 heteroatoms. The highest BCUT2D eigenvalue weighted by molar-refractivity contribution is 7.14. The number of H-pyrrole nitrogens is 1. The van der Waals surface area contributed by atoms with Gasteiger partial charge in [-0.3, -0.25) is 9.78 Å². The second-order valence-electron chi connectivity index (χ2n) is 5.61. The maximum atomic E-state index is 12.9. The Morgan fingerprint density at radius 1 is 1.23 bits per heavy atom. The first-order valence-corrected chi connectivity index (χ1v) is 8.58. The summed E-state index contributed by atoms with van der Waals surface area (Å²) in [5.74, 6) is -1.08. The van der Waals surface area contributed by atoms with E-state index in [-0.39, 0.29) is 18.1 Å². The second-order valence-corrected chi connectivity index (χ2v) is 6.47. The number of fused-ring (bicyclic) bond motifs is 1. The summed E-state index contributed by atoms with van der Waals surface area (Å²) < 4.78 is 17.9. The summed E-state index contributed by atoms with van der Waals surface area (Å²) in [6.07, 6.45) is 0.135. The van der Waals surface area contributed by atoms with Gasteiger partial charge in [0.15, 0.2) is 10.7 Å². The largest absolute Gasteiger partial charge is 0.417 e. The Labute approximate surface area is 150 Å². The van der Waals surface area contributed by atoms with Crippen LogP contribution in [-0.4, -0.2) is 15.9 Å². The number of aromatic amines is 1. The molecule has 0 saturated heterocycles. The van der Waals surface area contributed by atoms with Crippen LogP contribution in [0.1, 0.15) is 5.56 Å². The molecule has 0 aliphatic rings. The normalized spacial score (nSPS) is 11.0. The minimum absolute atomic E-state index is 0.135. The smallest absolute Gasteiger partial charge is 0.408 e. The van der Waals surface area contributed by atoms with Crippen LogP contribution in [0.15, 0.2) is 57.1 Å². The molecule has 0 radical (unpaired) electrons. The molecule has 2 aromatic heterocycles. The van der Waals surface area contributed by atoms with Gasteiger partial charge in [-0.15, -0.1) is 11.3 Å². The summed E-state index contributed by atoms with van der Waals surface area (Å²) in [5.41, 5.74) is 3.21. The highest BCUT2D eigenvalue weighted by atomic mass is 32.1. The molecule has 2 N–H and O–H groups in total. The third kappa shape index (κ3) is 3.40. The molecule has 2 aromatic carbocycles. The van der Waals surface area contributed by atoms with Crippen LogP contribution in [-0.2, 0) is 11.2 Å². The maximum Gasteiger partial charge on any atom is 0.417 e. The molecular weight excluding hydrogens is 357 g/mol. The van der Waals surface area contributed by atoms with Crippen molar-refractivity contribution in [1.29, 1.82) is 0 Å². The molecule has 26 heavy (non-hydrogen) atoms. The second kappa shape index (κ2) is 6.57. The number of nitrogens with one attached hydrogen (secondary N) is 2. The Morgan fingerprint density at radius 2 is 2.04 bits per heavy atom. The maximum absolute atomic E-state index is 12.9. The number of anilines is 1. The Balaban J connectivity index is 1.48. The van der Waals surface area contributed by atoms with Gasteiger partial charge >= 0.3 is 5.76 Å². The fourth-order valence-corrected chi connectivity index (χ4v) is 3.26. The van der Waals surface area contributed by atoms with Crippen LogP contribution >= 0.6 is 11.3 Å². The van der Waals surface area contributed by atoms with Gasteiger partial charge in [0.25, 0.3) is 0 Å². The van der Waals surface area contributed by atoms with Crippen molar-refractivity contribution in [3.63, 3.8) is 0 Å². The number of benzene rings is 2. The van der Waals surface area contributed by atoms with Crippen molar-refractivity contribution in [2.45, 2.75) is 6.42 Å². The van der Waals surface area contributed by atoms with Crippen molar-refractivity contribution in [3.05, 3.63) is 69.8 Å². The molecule has 0 aliphatic carbocycles. The van der Waals surface area contributed by atoms with E-state index in [2.05, 4.69) is 15.3 Å². The van der Waals surface area contributed by atoms with Crippen molar-refractivity contribution in [2.24, 2.45) is 0 Å². The average Bonchev–Trinajstić information content (AvgIpc) is 3.21. The molecule has 0 atom stereocenters. The summed E-state index contributed by atoms with van der Waals surface area (Å²) in [4.78, 5) is 30.3. The number of aromatic nitrogens is 2. The lowest BCUT2D eigenvalue weighted by atomic mass is 10.1. The molecule has 2 heterocycles. The van der Waals surface area contributed by atoms with Gasteiger partial charge in [-0.05, 0) is 29.8 Å². The Bertz CT molecular complexity index is 1140. The van der Waals surface area contributed by atoms with E-state index in [1.807, 2.05) is 6.07 Å². The number of carbonyl (C=O) groups excluding carboxylic acids is 1. The molecular formula is C18H12FN3O3S. The van der Waals surface area contributed by atoms with Crippen molar-refractivity contribution < 1.29 is 13.6 Å². The van der Waals surface area contributed by atoms with Crippen LogP contribution in [0.3, 0.4) is 0 Å². The van der Waals surface area contributed by atoms with E-state index >= 15 is 0 Å². The highest BCUT2D eigenvalue weighted by Crippen LogP contribution is 2.27. The molecule has 0 bridgehead atoms. The van der Waals surface area contributed by atoms with E-state index < -0.39 is 5.76 Å². The number of carbonyl (C=O) groups is 1. The van der Waals surface area contributed by atoms with Crippen molar-refractivity contribution in [1.82, 2.24) is 9.97 Å². The van der Waals surface area contributed by atoms with Gasteiger partial charge < -0.3 is 9.73 Å². The van der Waals surface area contributed by atoms with E-state index in [4.69, 9.17) is 4.42 Å². The SMILES string of the molecule is O=C(Cc1ccc(F)cc1)Nc1nc(-c2ccc3[nH]c(=O)oc3c2)cs1. The molecule has 130 valence electrons. The number of rotatable bonds is 4. The van der Waals surface area contributed by atoms with Crippen LogP contribution in [0.2, 0.25) is 0 Å². The monoisotopic (exact) mass is 369 g/mol. The van der Waals surface area contributed by atoms with Crippen LogP contribution in [0, 0.1) is 5.82 Å². The van der Waals surface area contributed by atoms with Gasteiger partial charge in [-0.1, -0.05) is 18.2 Å². The molecule has 4 rings (SSSR count). The fraction of sp³-hybridized carbons (Fsp3) is 0.0556. The van der Waals surface area contributed by atoms with Crippen molar-refractivity contribution in [2.75, 3.05) is 5.32 Å². The Kier molecular flexibility index (Phi) is 4.10. The van der Waals surface area contributed by atoms with Crippen LogP contribution in [0.25, 0.3) is 22.4 Å². The number of nitrogens with zero attached hydrogens (tertiary/aromatic N) is 1. The molecule has 0 aliphatic heterocycles. The molecule has 0 unspecified atom stereocenters. The van der Waals surface area contributed by atoms with Crippen LogP contribution in [0.5, 0.6) is 0 Å². The average molecular weight is 369 g/mol. The number of halogens is 1. The van der Waals surface area contributed by atoms with Crippen LogP contribution in [0.4, 0.5) is 9.52 Å². The van der Waals surface area contributed by atoms with E-state index in [1.165, 1.54) is 23.5 Å². The molecule has 4 aromatic rings. The fourth-order valence-electron chi connectivity index (χ4n) is 2.52. The van der Waals surface area contributed by atoms with Gasteiger partial charge in [-0.2, -0.15) is 0 Å². The number of hydrogen-bond acceptors (Lipinski definition) is 5. The first-order chi connectivity index (χ1) is 12.6. The van der Waals surface area contributed by atoms with Crippen molar-refractivity contribution >= 4 is 33.5 Å². The van der Waals surface area contributed by atoms with Gasteiger partial charge in [0.2, 0.25) is 5.91 Å². The van der Waals surface area contributed by atoms with E-state index in [0.29, 0.717) is 27.5 Å². The molecule has 0 fully saturated rings. The van der Waals surface area contributed by atoms with E-state index in [0.717, 1.165) is 5.56 Å². The lowest BCUT2D eigenvalue weighted by molar-refractivity contribution is -0.115. The molecule has 0 spiro atoms. The zero-order valence-electron chi connectivity index (χ0n) is 13.3. The van der Waals surface area contributed by atoms with Gasteiger partial charge in [-0.25, -0.2) is 14.2 Å². The molecule has 1 amide bonds. The number of amides is 1. The molecule has 0 saturated carbocycles. The number of thiazole rings is 1. The first kappa shape index (κ1) is 16.2. The quantitative estimate of drug-likeness (QED) is 0.576. The lowest BCUT2D eigenvalue weighted by Crippen LogP contribution is -2.14. The van der Waals surface area contributed by atoms with E-state index in [1.54, 1.807) is 29.6 Å². The number of oxazole rings is 1. The van der Waals surface area contributed by atoms with Gasteiger partial charge in [0.1, 0.15) is 5.82 Å². The number of hydrogen-bond donors (Lipinski definition) is 2. The Hall–Kier alpha value is -3.26. The predicted octanol–water partition coefficient (Wildman–Crippen LogP) is 3.56. The third-order valence-corrected chi connectivity index (χ3v) is 4.50. The zero-order chi connectivity index (χ0) is 18.1. The summed E-state index contributed by atoms with van der Waals surface area (Å²) in [6, 6.07) is 11.0. The third-order valence-electron chi connectivity index (χ3n) is 3.75. The minimum atomic E-state index is -0.510. The van der Waals surface area contributed by atoms with Crippen LogP contribution < -0.4 is 11.1 Å².